The lowest BCUT2D eigenvalue weighted by molar-refractivity contribution is -0.142. The summed E-state index contributed by atoms with van der Waals surface area (Å²) in [6.07, 6.45) is 4.01. The van der Waals surface area contributed by atoms with Crippen LogP contribution in [0.3, 0.4) is 0 Å². The number of aliphatic carboxylic acids is 1. The van der Waals surface area contributed by atoms with Crippen LogP contribution in [0.1, 0.15) is 45.1 Å². The van der Waals surface area contributed by atoms with E-state index in [1.165, 1.54) is 11.8 Å². The van der Waals surface area contributed by atoms with Gasteiger partial charge in [-0.25, -0.2) is 4.79 Å². The van der Waals surface area contributed by atoms with Crippen molar-refractivity contribution in [2.75, 3.05) is 12.0 Å². The van der Waals surface area contributed by atoms with E-state index in [2.05, 4.69) is 20.9 Å². The molecule has 1 heterocycles. The molecule has 13 heteroatoms. The lowest BCUT2D eigenvalue weighted by Crippen LogP contribution is -2.57. The minimum Gasteiger partial charge on any atom is -0.480 e. The average Bonchev–Trinajstić information content (AvgIpc) is 3.30. The van der Waals surface area contributed by atoms with E-state index in [0.717, 1.165) is 16.5 Å². The van der Waals surface area contributed by atoms with Crippen LogP contribution in [0.25, 0.3) is 10.9 Å². The summed E-state index contributed by atoms with van der Waals surface area (Å²) in [7, 11) is 0. The van der Waals surface area contributed by atoms with E-state index in [9.17, 15) is 29.1 Å². The first-order valence-electron chi connectivity index (χ1n) is 13.1. The monoisotopic (exact) mass is 576 g/mol. The van der Waals surface area contributed by atoms with Crippen LogP contribution in [-0.2, 0) is 30.4 Å². The van der Waals surface area contributed by atoms with Gasteiger partial charge >= 0.3 is 5.97 Å². The highest BCUT2D eigenvalue weighted by Gasteiger charge is 2.30. The molecule has 0 saturated carbocycles. The van der Waals surface area contributed by atoms with E-state index in [4.69, 9.17) is 11.5 Å². The highest BCUT2D eigenvalue weighted by Crippen LogP contribution is 2.19. The molecule has 4 amide bonds. The molecule has 2 rings (SSSR count). The summed E-state index contributed by atoms with van der Waals surface area (Å²) >= 11 is 1.45. The summed E-state index contributed by atoms with van der Waals surface area (Å²) in [5.41, 5.74) is 13.1. The van der Waals surface area contributed by atoms with Gasteiger partial charge in [0.15, 0.2) is 0 Å². The number of thioether (sulfide) groups is 1. The molecule has 0 aliphatic rings. The zero-order valence-electron chi connectivity index (χ0n) is 23.1. The maximum Gasteiger partial charge on any atom is 0.326 e. The molecule has 0 radical (unpaired) electrons. The molecule has 1 aromatic carbocycles. The van der Waals surface area contributed by atoms with Crippen molar-refractivity contribution in [1.29, 1.82) is 0 Å². The number of carbonyl (C=O) groups is 5. The molecule has 9 N–H and O–H groups in total. The highest BCUT2D eigenvalue weighted by molar-refractivity contribution is 7.98. The number of para-hydroxylation sites is 1. The maximum atomic E-state index is 13.3. The Kier molecular flexibility index (Phi) is 12.9. The van der Waals surface area contributed by atoms with Crippen LogP contribution in [0.5, 0.6) is 0 Å². The summed E-state index contributed by atoms with van der Waals surface area (Å²) in [5.74, 6) is -3.26. The third kappa shape index (κ3) is 10.2. The van der Waals surface area contributed by atoms with Gasteiger partial charge in [-0.2, -0.15) is 11.8 Å². The number of fused-ring (bicyclic) bond motifs is 1. The lowest BCUT2D eigenvalue weighted by atomic mass is 10.0. The molecule has 0 bridgehead atoms. The number of amides is 4. The summed E-state index contributed by atoms with van der Waals surface area (Å²) in [6, 6.07) is 3.38. The first-order chi connectivity index (χ1) is 18.9. The molecular weight excluding hydrogens is 536 g/mol. The minimum atomic E-state index is -1.35. The number of benzene rings is 1. The molecule has 0 fully saturated rings. The quantitative estimate of drug-likeness (QED) is 0.142. The van der Waals surface area contributed by atoms with Crippen molar-refractivity contribution < 1.29 is 29.1 Å². The highest BCUT2D eigenvalue weighted by atomic mass is 32.2. The molecule has 40 heavy (non-hydrogen) atoms. The van der Waals surface area contributed by atoms with Crippen molar-refractivity contribution in [2.45, 2.75) is 70.1 Å². The largest absolute Gasteiger partial charge is 0.480 e. The summed E-state index contributed by atoms with van der Waals surface area (Å²) in [6.45, 7) is 3.79. The molecule has 2 aromatic rings. The van der Waals surface area contributed by atoms with Crippen LogP contribution in [0.4, 0.5) is 0 Å². The van der Waals surface area contributed by atoms with Gasteiger partial charge in [-0.3, -0.25) is 19.2 Å². The van der Waals surface area contributed by atoms with E-state index < -0.39 is 53.8 Å². The molecule has 0 spiro atoms. The van der Waals surface area contributed by atoms with Gasteiger partial charge < -0.3 is 37.5 Å². The van der Waals surface area contributed by atoms with Gasteiger partial charge in [0, 0.05) is 23.5 Å². The van der Waals surface area contributed by atoms with Crippen molar-refractivity contribution >= 4 is 52.3 Å². The molecular formula is C27H40N6O6S. The Balaban J connectivity index is 2.11. The number of H-pyrrole nitrogens is 1. The molecule has 220 valence electrons. The van der Waals surface area contributed by atoms with Gasteiger partial charge in [-0.1, -0.05) is 32.0 Å². The smallest absolute Gasteiger partial charge is 0.326 e. The first-order valence-corrected chi connectivity index (χ1v) is 14.5. The standard InChI is InChI=1S/C27H40N6O6S/c1-15(2)12-22(33-24(35)18(28)13-16-14-30-19-7-5-4-6-17(16)19)26(37)31-20(10-11-40-3)25(36)32-21(27(38)39)8-9-23(29)34/h4-7,14-15,18,20-22,30H,8-13,28H2,1-3H3,(H2,29,34)(H,31,37)(H,32,36)(H,33,35)(H,38,39). The Labute approximate surface area is 237 Å². The van der Waals surface area contributed by atoms with Crippen LogP contribution in [0.15, 0.2) is 30.5 Å². The molecule has 1 aromatic heterocycles. The fourth-order valence-electron chi connectivity index (χ4n) is 4.20. The van der Waals surface area contributed by atoms with Gasteiger partial charge in [0.05, 0.1) is 6.04 Å². The second-order valence-electron chi connectivity index (χ2n) is 10.1. The van der Waals surface area contributed by atoms with Gasteiger partial charge in [-0.15, -0.1) is 0 Å². The Hall–Kier alpha value is -3.58. The van der Waals surface area contributed by atoms with Crippen LogP contribution < -0.4 is 27.4 Å². The van der Waals surface area contributed by atoms with E-state index in [-0.39, 0.29) is 31.6 Å². The number of primary amides is 1. The molecule has 12 nitrogen and oxygen atoms in total. The van der Waals surface area contributed by atoms with E-state index in [1.54, 1.807) is 6.20 Å². The van der Waals surface area contributed by atoms with Crippen LogP contribution in [0.2, 0.25) is 0 Å². The third-order valence-corrected chi connectivity index (χ3v) is 6.97. The Morgan fingerprint density at radius 1 is 0.950 bits per heavy atom. The SMILES string of the molecule is CSCCC(NC(=O)C(CC(C)C)NC(=O)C(N)Cc1c[nH]c2ccccc12)C(=O)NC(CCC(N)=O)C(=O)O. The van der Waals surface area contributed by atoms with Crippen LogP contribution in [0, 0.1) is 5.92 Å². The first kappa shape index (κ1) is 32.6. The second kappa shape index (κ2) is 15.9. The lowest BCUT2D eigenvalue weighted by Gasteiger charge is -2.26. The Morgan fingerprint density at radius 2 is 1.57 bits per heavy atom. The number of rotatable bonds is 17. The number of nitrogens with two attached hydrogens (primary N) is 2. The third-order valence-electron chi connectivity index (χ3n) is 6.33. The van der Waals surface area contributed by atoms with Crippen molar-refractivity contribution in [3.05, 3.63) is 36.0 Å². The van der Waals surface area contributed by atoms with Gasteiger partial charge in [-0.05, 0) is 55.2 Å². The molecule has 0 aliphatic carbocycles. The molecule has 0 aliphatic heterocycles. The average molecular weight is 577 g/mol. The number of nitrogens with one attached hydrogen (secondary N) is 4. The van der Waals surface area contributed by atoms with Crippen LogP contribution >= 0.6 is 11.8 Å². The summed E-state index contributed by atoms with van der Waals surface area (Å²) < 4.78 is 0. The van der Waals surface area contributed by atoms with Crippen molar-refractivity contribution in [3.8, 4) is 0 Å². The molecule has 4 unspecified atom stereocenters. The number of carbonyl (C=O) groups excluding carboxylic acids is 4. The number of carboxylic acids is 1. The fraction of sp³-hybridized carbons (Fsp3) is 0.519. The number of hydrogen-bond donors (Lipinski definition) is 7. The Bertz CT molecular complexity index is 1190. The van der Waals surface area contributed by atoms with E-state index in [1.807, 2.05) is 44.4 Å². The minimum absolute atomic E-state index is 0.0320. The van der Waals surface area contributed by atoms with Crippen molar-refractivity contribution in [3.63, 3.8) is 0 Å². The zero-order chi connectivity index (χ0) is 29.8. The number of hydrogen-bond acceptors (Lipinski definition) is 7. The van der Waals surface area contributed by atoms with Gasteiger partial charge in [0.2, 0.25) is 23.6 Å². The van der Waals surface area contributed by atoms with E-state index in [0.29, 0.717) is 12.2 Å². The number of aromatic amines is 1. The van der Waals surface area contributed by atoms with Crippen LogP contribution in [-0.4, -0.2) is 75.9 Å². The zero-order valence-corrected chi connectivity index (χ0v) is 23.9. The maximum absolute atomic E-state index is 13.3. The normalized spacial score (nSPS) is 14.2. The second-order valence-corrected chi connectivity index (χ2v) is 11.1. The predicted molar refractivity (Wildman–Crippen MR) is 154 cm³/mol. The topological polar surface area (TPSA) is 209 Å². The van der Waals surface area contributed by atoms with Gasteiger partial charge in [0.1, 0.15) is 18.1 Å². The predicted octanol–water partition coefficient (Wildman–Crippen LogP) is 0.641. The van der Waals surface area contributed by atoms with Crippen molar-refractivity contribution in [2.24, 2.45) is 17.4 Å². The molecule has 4 atom stereocenters. The Morgan fingerprint density at radius 3 is 2.20 bits per heavy atom. The van der Waals surface area contributed by atoms with Crippen molar-refractivity contribution in [1.82, 2.24) is 20.9 Å². The number of carboxylic acid groups (broad SMARTS) is 1. The molecule has 0 saturated heterocycles. The van der Waals surface area contributed by atoms with E-state index >= 15 is 0 Å². The summed E-state index contributed by atoms with van der Waals surface area (Å²) in [5, 5.41) is 18.2. The summed E-state index contributed by atoms with van der Waals surface area (Å²) in [4.78, 5) is 65.1. The van der Waals surface area contributed by atoms with Gasteiger partial charge in [0.25, 0.3) is 0 Å². The number of aromatic nitrogens is 1. The fourth-order valence-corrected chi connectivity index (χ4v) is 4.68.